The molecule has 2 heterocycles. The van der Waals surface area contributed by atoms with Crippen molar-refractivity contribution >= 4 is 20.1 Å². The second-order valence-electron chi connectivity index (χ2n) is 12.7. The molecule has 1 fully saturated rings. The number of rotatable bonds is 28. The second-order valence-corrected chi connectivity index (χ2v) is 13.4. The number of nitrogens with one attached hydrogen (secondary N) is 2. The number of hydrogen-bond acceptors (Lipinski definition) is 10. The molecular weight excluding hydrogens is 657 g/mol. The van der Waals surface area contributed by atoms with Gasteiger partial charge in [0.25, 0.3) is 11.5 Å². The number of amides is 1. The number of unbranched alkanes of at least 4 members (excludes halogenated alkanes) is 15. The molecule has 0 saturated carbocycles. The fourth-order valence-corrected chi connectivity index (χ4v) is 6.33. The normalized spacial score (nSPS) is 19.9. The first-order valence-electron chi connectivity index (χ1n) is 18.2. The maximum atomic E-state index is 12.4. The molecule has 1 aromatic rings. The van der Waals surface area contributed by atoms with Gasteiger partial charge in [0, 0.05) is 36.4 Å². The van der Waals surface area contributed by atoms with E-state index in [0.717, 1.165) is 42.7 Å². The Morgan fingerprint density at radius 2 is 1.53 bits per heavy atom. The lowest BCUT2D eigenvalue weighted by Gasteiger charge is -2.22. The van der Waals surface area contributed by atoms with Crippen LogP contribution in [0.1, 0.15) is 136 Å². The van der Waals surface area contributed by atoms with Gasteiger partial charge in [0.05, 0.1) is 6.61 Å². The van der Waals surface area contributed by atoms with Crippen molar-refractivity contribution in [1.29, 1.82) is 0 Å². The summed E-state index contributed by atoms with van der Waals surface area (Å²) < 4.78 is 34.5. The number of H-pyrrole nitrogens is 1. The SMILES string of the molecule is CCCCCCCCCCCCCCCC(=O)OC(C)C(=O)NCCCCCCOC1C(O[P+](=O)O)[C@@H](CO)O[C@H]1n1ccc(=O)[nH]c1=O. The predicted octanol–water partition coefficient (Wildman–Crippen LogP) is 4.94. The third kappa shape index (κ3) is 17.3. The maximum Gasteiger partial charge on any atom is 0.695 e. The van der Waals surface area contributed by atoms with Crippen LogP contribution in [0.5, 0.6) is 0 Å². The van der Waals surface area contributed by atoms with Crippen molar-refractivity contribution in [1.82, 2.24) is 14.9 Å². The van der Waals surface area contributed by atoms with E-state index in [1.54, 1.807) is 6.92 Å². The van der Waals surface area contributed by atoms with Gasteiger partial charge in [-0.1, -0.05) is 96.8 Å². The van der Waals surface area contributed by atoms with Crippen molar-refractivity contribution in [3.8, 4) is 0 Å². The molecule has 14 nitrogen and oxygen atoms in total. The fraction of sp³-hybridized carbons (Fsp3) is 0.824. The van der Waals surface area contributed by atoms with Crippen molar-refractivity contribution in [3.63, 3.8) is 0 Å². The van der Waals surface area contributed by atoms with E-state index in [1.165, 1.54) is 70.4 Å². The lowest BCUT2D eigenvalue weighted by Crippen LogP contribution is -2.40. The highest BCUT2D eigenvalue weighted by molar-refractivity contribution is 7.32. The highest BCUT2D eigenvalue weighted by Gasteiger charge is 2.51. The number of hydrogen-bond donors (Lipinski definition) is 4. The molecule has 15 heteroatoms. The Hall–Kier alpha value is -2.48. The first-order valence-corrected chi connectivity index (χ1v) is 19.3. The van der Waals surface area contributed by atoms with Crippen LogP contribution in [0.4, 0.5) is 0 Å². The Morgan fingerprint density at radius 1 is 0.939 bits per heavy atom. The molecular formula is C34H59N3O11P+. The Morgan fingerprint density at radius 3 is 2.12 bits per heavy atom. The molecule has 6 atom stereocenters. The van der Waals surface area contributed by atoms with Gasteiger partial charge >= 0.3 is 19.9 Å². The zero-order valence-electron chi connectivity index (χ0n) is 29.4. The number of aromatic amines is 1. The van der Waals surface area contributed by atoms with Gasteiger partial charge in [-0.05, 0) is 26.2 Å². The summed E-state index contributed by atoms with van der Waals surface area (Å²) in [4.78, 5) is 59.8. The molecule has 0 bridgehead atoms. The van der Waals surface area contributed by atoms with E-state index >= 15 is 0 Å². The molecule has 1 saturated heterocycles. The number of aliphatic hydroxyl groups is 1. The number of aliphatic hydroxyl groups excluding tert-OH is 1. The van der Waals surface area contributed by atoms with Crippen molar-refractivity contribution < 1.29 is 42.9 Å². The Bertz CT molecular complexity index is 1210. The van der Waals surface area contributed by atoms with Gasteiger partial charge in [0.1, 0.15) is 12.2 Å². The summed E-state index contributed by atoms with van der Waals surface area (Å²) in [7, 11) is -3.05. The molecule has 4 N–H and O–H groups in total. The fourth-order valence-electron chi connectivity index (χ4n) is 5.87. The number of carbonyl (C=O) groups excluding carboxylic acids is 2. The van der Waals surface area contributed by atoms with E-state index in [-0.39, 0.29) is 18.5 Å². The van der Waals surface area contributed by atoms with Crippen LogP contribution in [0.15, 0.2) is 21.9 Å². The Labute approximate surface area is 290 Å². The number of ether oxygens (including phenoxy) is 3. The second kappa shape index (κ2) is 25.5. The van der Waals surface area contributed by atoms with Crippen LogP contribution in [0.2, 0.25) is 0 Å². The summed E-state index contributed by atoms with van der Waals surface area (Å²) in [6.07, 6.45) is 15.2. The smallest absolute Gasteiger partial charge is 0.453 e. The lowest BCUT2D eigenvalue weighted by atomic mass is 10.0. The molecule has 1 amide bonds. The molecule has 0 aliphatic carbocycles. The monoisotopic (exact) mass is 716 g/mol. The third-order valence-corrected chi connectivity index (χ3v) is 9.07. The van der Waals surface area contributed by atoms with Gasteiger partial charge in [0.2, 0.25) is 0 Å². The molecule has 1 aliphatic heterocycles. The number of esters is 1. The van der Waals surface area contributed by atoms with E-state index in [9.17, 15) is 33.7 Å². The molecule has 1 aliphatic rings. The topological polar surface area (TPSA) is 195 Å². The van der Waals surface area contributed by atoms with Crippen LogP contribution < -0.4 is 16.6 Å². The van der Waals surface area contributed by atoms with E-state index in [2.05, 4.69) is 17.2 Å². The molecule has 0 radical (unpaired) electrons. The van der Waals surface area contributed by atoms with E-state index in [4.69, 9.17) is 18.7 Å². The molecule has 49 heavy (non-hydrogen) atoms. The highest BCUT2D eigenvalue weighted by atomic mass is 31.1. The van der Waals surface area contributed by atoms with Crippen molar-refractivity contribution in [3.05, 3.63) is 33.1 Å². The van der Waals surface area contributed by atoms with Crippen LogP contribution in [0, 0.1) is 0 Å². The number of aromatic nitrogens is 2. The molecule has 0 aromatic carbocycles. The van der Waals surface area contributed by atoms with Crippen molar-refractivity contribution in [2.24, 2.45) is 0 Å². The van der Waals surface area contributed by atoms with Crippen LogP contribution in [0.25, 0.3) is 0 Å². The first kappa shape index (κ1) is 42.7. The summed E-state index contributed by atoms with van der Waals surface area (Å²) in [5.74, 6) is -0.687. The van der Waals surface area contributed by atoms with Crippen molar-refractivity contribution in [2.75, 3.05) is 19.8 Å². The van der Waals surface area contributed by atoms with Gasteiger partial charge in [-0.25, -0.2) is 4.79 Å². The lowest BCUT2D eigenvalue weighted by molar-refractivity contribution is -0.154. The van der Waals surface area contributed by atoms with Gasteiger partial charge in [-0.2, -0.15) is 0 Å². The van der Waals surface area contributed by atoms with Crippen LogP contribution in [0.3, 0.4) is 0 Å². The quantitative estimate of drug-likeness (QED) is 0.0521. The van der Waals surface area contributed by atoms with E-state index in [1.807, 2.05) is 0 Å². The molecule has 4 unspecified atom stereocenters. The largest absolute Gasteiger partial charge is 0.695 e. The standard InChI is InChI=1S/C34H58N3O11P/c1-3-4-5-6-7-8-9-10-11-12-13-14-17-20-29(40)46-26(2)32(41)35-22-18-15-16-19-24-45-31-30(48-49(43)44)27(25-38)47-33(31)37-23-21-28(39)36-34(37)42/h21,23,26-27,30-31,33,38H,3-20,22,24-25H2,1-2H3,(H2-,35,36,39,41,42,43,44)/p+1/t26?,27-,30?,31?,33-/m1/s1. The molecule has 2 rings (SSSR count). The predicted molar refractivity (Wildman–Crippen MR) is 184 cm³/mol. The zero-order chi connectivity index (χ0) is 35.9. The number of nitrogens with zero attached hydrogens (tertiary/aromatic N) is 1. The average molecular weight is 717 g/mol. The average Bonchev–Trinajstić information content (AvgIpc) is 3.40. The van der Waals surface area contributed by atoms with E-state index < -0.39 is 56.8 Å². The summed E-state index contributed by atoms with van der Waals surface area (Å²) >= 11 is 0. The first-order chi connectivity index (χ1) is 23.7. The van der Waals surface area contributed by atoms with Crippen molar-refractivity contribution in [2.45, 2.75) is 160 Å². The summed E-state index contributed by atoms with van der Waals surface area (Å²) in [6.45, 7) is 3.88. The third-order valence-electron chi connectivity index (χ3n) is 8.65. The minimum atomic E-state index is -3.05. The van der Waals surface area contributed by atoms with Crippen LogP contribution in [-0.4, -0.2) is 75.6 Å². The Kier molecular flexibility index (Phi) is 22.2. The molecule has 0 spiro atoms. The minimum Gasteiger partial charge on any atom is -0.453 e. The molecule has 280 valence electrons. The summed E-state index contributed by atoms with van der Waals surface area (Å²) in [5, 5.41) is 12.5. The molecule has 1 aromatic heterocycles. The maximum absolute atomic E-state index is 12.4. The van der Waals surface area contributed by atoms with E-state index in [0.29, 0.717) is 25.8 Å². The van der Waals surface area contributed by atoms with Gasteiger partial charge in [-0.15, -0.1) is 9.42 Å². The van der Waals surface area contributed by atoms with Gasteiger partial charge in [-0.3, -0.25) is 23.9 Å². The summed E-state index contributed by atoms with van der Waals surface area (Å²) in [5.41, 5.74) is -1.37. The summed E-state index contributed by atoms with van der Waals surface area (Å²) in [6, 6.07) is 1.13. The highest BCUT2D eigenvalue weighted by Crippen LogP contribution is 2.37. The van der Waals surface area contributed by atoms with Gasteiger partial charge in [0.15, 0.2) is 18.4 Å². The zero-order valence-corrected chi connectivity index (χ0v) is 30.2. The van der Waals surface area contributed by atoms with Gasteiger partial charge < -0.3 is 24.6 Å². The van der Waals surface area contributed by atoms with Crippen LogP contribution >= 0.6 is 8.25 Å². The Balaban J connectivity index is 1.56. The minimum absolute atomic E-state index is 0.196. The number of carbonyl (C=O) groups is 2. The van der Waals surface area contributed by atoms with Crippen LogP contribution in [-0.2, 0) is 32.9 Å².